The number of amides is 1. The first-order valence-electron chi connectivity index (χ1n) is 6.37. The Morgan fingerprint density at radius 2 is 1.90 bits per heavy atom. The van der Waals surface area contributed by atoms with Crippen molar-refractivity contribution in [2.75, 3.05) is 0 Å². The lowest BCUT2D eigenvalue weighted by atomic mass is 10.1. The number of ether oxygens (including phenoxy) is 1. The summed E-state index contributed by atoms with van der Waals surface area (Å²) >= 11 is 0. The molecule has 110 valence electrons. The zero-order valence-corrected chi connectivity index (χ0v) is 11.3. The summed E-state index contributed by atoms with van der Waals surface area (Å²) in [4.78, 5) is 22.5. The molecule has 0 fully saturated rings. The van der Waals surface area contributed by atoms with Crippen LogP contribution in [0.1, 0.15) is 25.3 Å². The molecule has 1 aromatic rings. The van der Waals surface area contributed by atoms with Crippen LogP contribution in [0.3, 0.4) is 0 Å². The maximum absolute atomic E-state index is 11.5. The maximum Gasteiger partial charge on any atom is 0.408 e. The van der Waals surface area contributed by atoms with Crippen LogP contribution in [-0.2, 0) is 16.1 Å². The molecule has 0 aliphatic heterocycles. The van der Waals surface area contributed by atoms with Gasteiger partial charge in [0.1, 0.15) is 12.6 Å². The number of rotatable bonds is 7. The highest BCUT2D eigenvalue weighted by atomic mass is 16.5. The Morgan fingerprint density at radius 1 is 1.25 bits per heavy atom. The molecule has 6 heteroatoms. The van der Waals surface area contributed by atoms with E-state index in [1.54, 1.807) is 19.1 Å². The first-order valence-corrected chi connectivity index (χ1v) is 6.37. The van der Waals surface area contributed by atoms with Crippen LogP contribution in [0, 0.1) is 0 Å². The zero-order chi connectivity index (χ0) is 15.0. The number of aliphatic hydroxyl groups is 1. The number of hydrogen-bond donors (Lipinski definition) is 3. The maximum atomic E-state index is 11.5. The molecule has 1 amide bonds. The van der Waals surface area contributed by atoms with Crippen LogP contribution in [0.25, 0.3) is 0 Å². The molecule has 0 aliphatic carbocycles. The van der Waals surface area contributed by atoms with E-state index in [-0.39, 0.29) is 19.4 Å². The quantitative estimate of drug-likeness (QED) is 0.704. The molecule has 0 radical (unpaired) electrons. The SMILES string of the molecule is C[C@H](O)CC[C@@H](NC(=O)OCc1ccccc1)C(=O)O. The van der Waals surface area contributed by atoms with Crippen molar-refractivity contribution < 1.29 is 24.5 Å². The lowest BCUT2D eigenvalue weighted by Gasteiger charge is -2.15. The summed E-state index contributed by atoms with van der Waals surface area (Å²) in [6.45, 7) is 1.64. The number of carbonyl (C=O) groups is 2. The minimum atomic E-state index is -1.15. The molecule has 3 N–H and O–H groups in total. The van der Waals surface area contributed by atoms with Gasteiger partial charge in [0, 0.05) is 0 Å². The molecule has 0 unspecified atom stereocenters. The second-order valence-corrected chi connectivity index (χ2v) is 4.52. The molecule has 0 aromatic heterocycles. The number of aliphatic hydroxyl groups excluding tert-OH is 1. The van der Waals surface area contributed by atoms with Gasteiger partial charge in [-0.3, -0.25) is 0 Å². The molecule has 0 aliphatic rings. The third kappa shape index (κ3) is 6.19. The fourth-order valence-corrected chi connectivity index (χ4v) is 1.57. The fourth-order valence-electron chi connectivity index (χ4n) is 1.57. The van der Waals surface area contributed by atoms with Gasteiger partial charge in [0.05, 0.1) is 6.10 Å². The number of carboxylic acid groups (broad SMARTS) is 1. The minimum Gasteiger partial charge on any atom is -0.480 e. The molecule has 6 nitrogen and oxygen atoms in total. The molecule has 1 aromatic carbocycles. The molecule has 20 heavy (non-hydrogen) atoms. The largest absolute Gasteiger partial charge is 0.480 e. The van der Waals surface area contributed by atoms with Crippen LogP contribution >= 0.6 is 0 Å². The van der Waals surface area contributed by atoms with Gasteiger partial charge in [0.25, 0.3) is 0 Å². The first kappa shape index (κ1) is 16.0. The van der Waals surface area contributed by atoms with Gasteiger partial charge < -0.3 is 20.3 Å². The summed E-state index contributed by atoms with van der Waals surface area (Å²) in [7, 11) is 0. The molecule has 0 saturated carbocycles. The Bertz CT molecular complexity index is 432. The van der Waals surface area contributed by atoms with Crippen molar-refractivity contribution in [3.8, 4) is 0 Å². The van der Waals surface area contributed by atoms with E-state index in [4.69, 9.17) is 14.9 Å². The third-order valence-corrected chi connectivity index (χ3v) is 2.68. The highest BCUT2D eigenvalue weighted by molar-refractivity contribution is 5.79. The van der Waals surface area contributed by atoms with Gasteiger partial charge in [0.15, 0.2) is 0 Å². The zero-order valence-electron chi connectivity index (χ0n) is 11.3. The molecule has 0 bridgehead atoms. The van der Waals surface area contributed by atoms with E-state index >= 15 is 0 Å². The van der Waals surface area contributed by atoms with Crippen molar-refractivity contribution in [2.45, 2.75) is 38.5 Å². The lowest BCUT2D eigenvalue weighted by molar-refractivity contribution is -0.139. The molecule has 0 saturated heterocycles. The number of aliphatic carboxylic acids is 1. The third-order valence-electron chi connectivity index (χ3n) is 2.68. The predicted molar refractivity (Wildman–Crippen MR) is 72.1 cm³/mol. The van der Waals surface area contributed by atoms with Gasteiger partial charge in [-0.2, -0.15) is 0 Å². The van der Waals surface area contributed by atoms with Gasteiger partial charge in [-0.15, -0.1) is 0 Å². The molecular formula is C14H19NO5. The lowest BCUT2D eigenvalue weighted by Crippen LogP contribution is -2.41. The summed E-state index contributed by atoms with van der Waals surface area (Å²) in [6, 6.07) is 8.02. The predicted octanol–water partition coefficient (Wildman–Crippen LogP) is 1.53. The van der Waals surface area contributed by atoms with E-state index in [0.717, 1.165) is 5.56 Å². The summed E-state index contributed by atoms with van der Waals surface area (Å²) in [5.41, 5.74) is 0.818. The number of nitrogens with one attached hydrogen (secondary N) is 1. The van der Waals surface area contributed by atoms with Crippen LogP contribution in [0.15, 0.2) is 30.3 Å². The Kier molecular flexibility index (Phi) is 6.52. The second-order valence-electron chi connectivity index (χ2n) is 4.52. The summed E-state index contributed by atoms with van der Waals surface area (Å²) < 4.78 is 4.94. The van der Waals surface area contributed by atoms with E-state index in [0.29, 0.717) is 0 Å². The molecule has 0 spiro atoms. The molecule has 1 rings (SSSR count). The number of hydrogen-bond acceptors (Lipinski definition) is 4. The van der Waals surface area contributed by atoms with Crippen molar-refractivity contribution >= 4 is 12.1 Å². The van der Waals surface area contributed by atoms with Crippen molar-refractivity contribution in [2.24, 2.45) is 0 Å². The van der Waals surface area contributed by atoms with Crippen molar-refractivity contribution in [3.63, 3.8) is 0 Å². The van der Waals surface area contributed by atoms with Crippen LogP contribution in [0.5, 0.6) is 0 Å². The Balaban J connectivity index is 2.40. The van der Waals surface area contributed by atoms with E-state index in [1.807, 2.05) is 18.2 Å². The molecule has 0 heterocycles. The average molecular weight is 281 g/mol. The van der Waals surface area contributed by atoms with Gasteiger partial charge >= 0.3 is 12.1 Å². The van der Waals surface area contributed by atoms with Crippen LogP contribution in [0.4, 0.5) is 4.79 Å². The minimum absolute atomic E-state index is 0.0788. The number of carbonyl (C=O) groups excluding carboxylic acids is 1. The molecular weight excluding hydrogens is 262 g/mol. The number of carboxylic acids is 1. The normalized spacial score (nSPS) is 13.3. The summed E-state index contributed by atoms with van der Waals surface area (Å²) in [6.07, 6.45) is -0.963. The average Bonchev–Trinajstić information content (AvgIpc) is 2.41. The van der Waals surface area contributed by atoms with Crippen molar-refractivity contribution in [1.82, 2.24) is 5.32 Å². The Hall–Kier alpha value is -2.08. The smallest absolute Gasteiger partial charge is 0.408 e. The van der Waals surface area contributed by atoms with Gasteiger partial charge in [0.2, 0.25) is 0 Å². The van der Waals surface area contributed by atoms with E-state index in [2.05, 4.69) is 5.32 Å². The highest BCUT2D eigenvalue weighted by Gasteiger charge is 2.20. The van der Waals surface area contributed by atoms with Crippen LogP contribution < -0.4 is 5.32 Å². The number of alkyl carbamates (subject to hydrolysis) is 1. The summed E-state index contributed by atoms with van der Waals surface area (Å²) in [5.74, 6) is -1.15. The Labute approximate surface area is 117 Å². The van der Waals surface area contributed by atoms with Gasteiger partial charge in [-0.1, -0.05) is 30.3 Å². The van der Waals surface area contributed by atoms with Crippen molar-refractivity contribution in [1.29, 1.82) is 0 Å². The fraction of sp³-hybridized carbons (Fsp3) is 0.429. The second kappa shape index (κ2) is 8.16. The van der Waals surface area contributed by atoms with Gasteiger partial charge in [-0.25, -0.2) is 9.59 Å². The standard InChI is InChI=1S/C14H19NO5/c1-10(16)7-8-12(13(17)18)15-14(19)20-9-11-5-3-2-4-6-11/h2-6,10,12,16H,7-9H2,1H3,(H,15,19)(H,17,18)/t10-,12+/m0/s1. The molecule has 2 atom stereocenters. The van der Waals surface area contributed by atoms with E-state index in [9.17, 15) is 9.59 Å². The number of benzene rings is 1. The van der Waals surface area contributed by atoms with Crippen molar-refractivity contribution in [3.05, 3.63) is 35.9 Å². The highest BCUT2D eigenvalue weighted by Crippen LogP contribution is 2.04. The van der Waals surface area contributed by atoms with Gasteiger partial charge in [-0.05, 0) is 25.3 Å². The summed E-state index contributed by atoms with van der Waals surface area (Å²) in [5, 5.41) is 20.4. The van der Waals surface area contributed by atoms with Crippen LogP contribution in [0.2, 0.25) is 0 Å². The van der Waals surface area contributed by atoms with E-state index in [1.165, 1.54) is 0 Å². The van der Waals surface area contributed by atoms with Crippen LogP contribution in [-0.4, -0.2) is 34.4 Å². The van der Waals surface area contributed by atoms with E-state index < -0.39 is 24.2 Å². The topological polar surface area (TPSA) is 95.9 Å². The monoisotopic (exact) mass is 281 g/mol. The Morgan fingerprint density at radius 3 is 2.45 bits per heavy atom. The first-order chi connectivity index (χ1) is 9.49.